The van der Waals surface area contributed by atoms with Crippen molar-refractivity contribution in [3.05, 3.63) is 114 Å². The Balaban J connectivity index is 1.64. The molecule has 30 heavy (non-hydrogen) atoms. The third kappa shape index (κ3) is 3.04. The Morgan fingerprint density at radius 1 is 0.800 bits per heavy atom. The van der Waals surface area contributed by atoms with E-state index < -0.39 is 8.07 Å². The van der Waals surface area contributed by atoms with E-state index in [1.54, 1.807) is 16.7 Å². The van der Waals surface area contributed by atoms with Crippen LogP contribution in [0.25, 0.3) is 17.2 Å². The van der Waals surface area contributed by atoms with Gasteiger partial charge in [-0.1, -0.05) is 116 Å². The summed E-state index contributed by atoms with van der Waals surface area (Å²) >= 11 is 0. The van der Waals surface area contributed by atoms with Gasteiger partial charge < -0.3 is 0 Å². The normalized spacial score (nSPS) is 18.5. The van der Waals surface area contributed by atoms with Crippen molar-refractivity contribution in [2.45, 2.75) is 42.9 Å². The van der Waals surface area contributed by atoms with Crippen LogP contribution < -0.4 is 0 Å². The van der Waals surface area contributed by atoms with Crippen LogP contribution in [0.2, 0.25) is 12.6 Å². The molecule has 5 rings (SSSR count). The van der Waals surface area contributed by atoms with Gasteiger partial charge in [-0.3, -0.25) is 0 Å². The second-order valence-electron chi connectivity index (χ2n) is 9.11. The topological polar surface area (TPSA) is 0 Å². The summed E-state index contributed by atoms with van der Waals surface area (Å²) in [6, 6.07) is 28.8. The monoisotopic (exact) mass is 406 g/mol. The molecule has 0 heterocycles. The number of fused-ring (bicyclic) bond motifs is 4. The Labute approximate surface area is 182 Å². The standard InChI is InChI=1S/C29H30Si/c1-3-4-5-12-21-30(2,28-20-19-22-13-6-7-14-23(22)28)29-26-17-10-8-15-24(26)25-16-9-11-18-27(25)29/h3,6-11,13-20,28-29H,1,4-5,12,21H2,2H3. The summed E-state index contributed by atoms with van der Waals surface area (Å²) in [5.41, 5.74) is 10.1. The van der Waals surface area contributed by atoms with E-state index in [9.17, 15) is 0 Å². The lowest BCUT2D eigenvalue weighted by Crippen LogP contribution is -2.44. The minimum absolute atomic E-state index is 0.550. The van der Waals surface area contributed by atoms with Crippen LogP contribution in [-0.4, -0.2) is 8.07 Å². The fraction of sp³-hybridized carbons (Fsp3) is 0.241. The zero-order chi connectivity index (χ0) is 20.6. The Hall–Kier alpha value is -2.64. The summed E-state index contributed by atoms with van der Waals surface area (Å²) in [7, 11) is -1.81. The molecule has 0 nitrogen and oxygen atoms in total. The minimum Gasteiger partial charge on any atom is -0.103 e. The Morgan fingerprint density at radius 3 is 2.07 bits per heavy atom. The molecule has 0 bridgehead atoms. The second kappa shape index (κ2) is 7.89. The van der Waals surface area contributed by atoms with E-state index in [0.717, 1.165) is 6.42 Å². The molecule has 0 amide bonds. The molecule has 2 atom stereocenters. The van der Waals surface area contributed by atoms with Crippen LogP contribution in [0.1, 0.15) is 52.6 Å². The lowest BCUT2D eigenvalue weighted by molar-refractivity contribution is 0.786. The van der Waals surface area contributed by atoms with Gasteiger partial charge in [-0.25, -0.2) is 0 Å². The van der Waals surface area contributed by atoms with Gasteiger partial charge in [0.25, 0.3) is 0 Å². The number of unbranched alkanes of at least 4 members (excludes halogenated alkanes) is 2. The Morgan fingerprint density at radius 2 is 1.40 bits per heavy atom. The molecule has 2 aliphatic rings. The molecular formula is C29H30Si. The van der Waals surface area contributed by atoms with Gasteiger partial charge in [0.1, 0.15) is 0 Å². The average Bonchev–Trinajstić information content (AvgIpc) is 3.37. The Bertz CT molecular complexity index is 1060. The van der Waals surface area contributed by atoms with Gasteiger partial charge in [0, 0.05) is 5.54 Å². The lowest BCUT2D eigenvalue weighted by atomic mass is 10.1. The fourth-order valence-corrected chi connectivity index (χ4v) is 11.4. The van der Waals surface area contributed by atoms with Crippen molar-refractivity contribution >= 4 is 14.1 Å². The van der Waals surface area contributed by atoms with Crippen LogP contribution in [0, 0.1) is 0 Å². The first-order valence-corrected chi connectivity index (χ1v) is 14.2. The first-order valence-electron chi connectivity index (χ1n) is 11.3. The lowest BCUT2D eigenvalue weighted by Gasteiger charge is -2.40. The van der Waals surface area contributed by atoms with E-state index in [2.05, 4.69) is 104 Å². The molecular weight excluding hydrogens is 376 g/mol. The zero-order valence-corrected chi connectivity index (χ0v) is 18.9. The van der Waals surface area contributed by atoms with Crippen molar-refractivity contribution in [2.75, 3.05) is 0 Å². The quantitative estimate of drug-likeness (QED) is 0.211. The van der Waals surface area contributed by atoms with Crippen molar-refractivity contribution in [3.63, 3.8) is 0 Å². The van der Waals surface area contributed by atoms with E-state index in [0.29, 0.717) is 11.1 Å². The summed E-state index contributed by atoms with van der Waals surface area (Å²) in [5, 5.41) is 0. The summed E-state index contributed by atoms with van der Waals surface area (Å²) in [6.07, 6.45) is 10.7. The number of allylic oxidation sites excluding steroid dienone is 2. The SMILES string of the molecule is C=CCCCC[Si](C)(C1C=Cc2ccccc21)C1c2ccccc2-c2ccccc21. The molecule has 0 aliphatic heterocycles. The highest BCUT2D eigenvalue weighted by Crippen LogP contribution is 2.55. The van der Waals surface area contributed by atoms with Gasteiger partial charge in [0.2, 0.25) is 0 Å². The minimum atomic E-state index is -1.81. The first kappa shape index (κ1) is 19.3. The molecule has 0 N–H and O–H groups in total. The van der Waals surface area contributed by atoms with Gasteiger partial charge >= 0.3 is 0 Å². The summed E-state index contributed by atoms with van der Waals surface area (Å²) in [5.74, 6) is 0. The van der Waals surface area contributed by atoms with Gasteiger partial charge in [0.15, 0.2) is 0 Å². The smallest absolute Gasteiger partial charge is 0.0753 e. The zero-order valence-electron chi connectivity index (χ0n) is 17.9. The maximum atomic E-state index is 3.94. The van der Waals surface area contributed by atoms with E-state index in [4.69, 9.17) is 0 Å². The van der Waals surface area contributed by atoms with Gasteiger partial charge in [-0.15, -0.1) is 6.58 Å². The largest absolute Gasteiger partial charge is 0.103 e. The van der Waals surface area contributed by atoms with Gasteiger partial charge in [0.05, 0.1) is 8.07 Å². The molecule has 3 aromatic carbocycles. The van der Waals surface area contributed by atoms with Gasteiger partial charge in [-0.2, -0.15) is 0 Å². The number of benzene rings is 3. The second-order valence-corrected chi connectivity index (χ2v) is 13.8. The van der Waals surface area contributed by atoms with Crippen LogP contribution >= 0.6 is 0 Å². The molecule has 0 aromatic heterocycles. The van der Waals surface area contributed by atoms with Gasteiger partial charge in [-0.05, 0) is 45.3 Å². The molecule has 2 unspecified atom stereocenters. The van der Waals surface area contributed by atoms with Crippen LogP contribution in [0.5, 0.6) is 0 Å². The summed E-state index contributed by atoms with van der Waals surface area (Å²) < 4.78 is 0. The fourth-order valence-electron chi connectivity index (χ4n) is 5.96. The molecule has 3 aromatic rings. The van der Waals surface area contributed by atoms with Crippen molar-refractivity contribution < 1.29 is 0 Å². The third-order valence-electron chi connectivity index (χ3n) is 7.38. The molecule has 0 radical (unpaired) electrons. The molecule has 2 aliphatic carbocycles. The molecule has 0 spiro atoms. The third-order valence-corrected chi connectivity index (χ3v) is 12.7. The first-order chi connectivity index (χ1) is 14.7. The molecule has 0 saturated carbocycles. The molecule has 0 fully saturated rings. The predicted octanol–water partition coefficient (Wildman–Crippen LogP) is 8.12. The van der Waals surface area contributed by atoms with Crippen molar-refractivity contribution in [2.24, 2.45) is 0 Å². The summed E-state index contributed by atoms with van der Waals surface area (Å²) in [4.78, 5) is 0. The highest BCUT2D eigenvalue weighted by Gasteiger charge is 2.48. The summed E-state index contributed by atoms with van der Waals surface area (Å²) in [6.45, 7) is 6.62. The molecule has 0 saturated heterocycles. The highest BCUT2D eigenvalue weighted by atomic mass is 28.3. The van der Waals surface area contributed by atoms with Crippen LogP contribution in [-0.2, 0) is 0 Å². The van der Waals surface area contributed by atoms with Crippen molar-refractivity contribution in [3.8, 4) is 11.1 Å². The van der Waals surface area contributed by atoms with Crippen molar-refractivity contribution in [1.82, 2.24) is 0 Å². The van der Waals surface area contributed by atoms with E-state index >= 15 is 0 Å². The number of hydrogen-bond donors (Lipinski definition) is 0. The maximum absolute atomic E-state index is 3.94. The molecule has 1 heteroatoms. The van der Waals surface area contributed by atoms with Crippen LogP contribution in [0.3, 0.4) is 0 Å². The Kier molecular flexibility index (Phi) is 5.08. The predicted molar refractivity (Wildman–Crippen MR) is 132 cm³/mol. The van der Waals surface area contributed by atoms with Crippen LogP contribution in [0.15, 0.2) is 91.5 Å². The average molecular weight is 407 g/mol. The van der Waals surface area contributed by atoms with Crippen LogP contribution in [0.4, 0.5) is 0 Å². The highest BCUT2D eigenvalue weighted by molar-refractivity contribution is 6.82. The van der Waals surface area contributed by atoms with E-state index in [1.165, 1.54) is 35.6 Å². The van der Waals surface area contributed by atoms with E-state index in [-0.39, 0.29) is 0 Å². The number of hydrogen-bond acceptors (Lipinski definition) is 0. The van der Waals surface area contributed by atoms with E-state index in [1.807, 2.05) is 0 Å². The maximum Gasteiger partial charge on any atom is 0.0753 e. The molecule has 150 valence electrons. The number of rotatable bonds is 7. The van der Waals surface area contributed by atoms with Crippen molar-refractivity contribution in [1.29, 1.82) is 0 Å².